The monoisotopic (exact) mass is 425 g/mol. The number of hydrogen-bond acceptors (Lipinski definition) is 8. The Morgan fingerprint density at radius 1 is 1.19 bits per heavy atom. The van der Waals surface area contributed by atoms with Gasteiger partial charge in [-0.3, -0.25) is 9.59 Å². The molecule has 2 aromatic heterocycles. The lowest BCUT2D eigenvalue weighted by molar-refractivity contribution is -0.134. The number of aliphatic hydroxyl groups excluding tert-OH is 1. The number of piperazine rings is 1. The molecule has 1 saturated heterocycles. The first-order valence-electron chi connectivity index (χ1n) is 9.89. The van der Waals surface area contributed by atoms with Crippen LogP contribution in [0.4, 0.5) is 5.95 Å². The van der Waals surface area contributed by atoms with E-state index in [-0.39, 0.29) is 11.7 Å². The number of aliphatic hydroxyl groups is 1. The van der Waals surface area contributed by atoms with Crippen LogP contribution in [0.2, 0.25) is 0 Å². The number of nitrogens with one attached hydrogen (secondary N) is 1. The molecule has 1 aliphatic heterocycles. The molecule has 4 rings (SSSR count). The van der Waals surface area contributed by atoms with Crippen molar-refractivity contribution in [3.63, 3.8) is 0 Å². The largest absolute Gasteiger partial charge is 0.493 e. The van der Waals surface area contributed by atoms with Crippen molar-refractivity contribution in [2.45, 2.75) is 6.04 Å². The zero-order valence-corrected chi connectivity index (χ0v) is 17.0. The van der Waals surface area contributed by atoms with E-state index in [9.17, 15) is 14.7 Å². The number of amides is 2. The van der Waals surface area contributed by atoms with Crippen LogP contribution < -0.4 is 15.0 Å². The van der Waals surface area contributed by atoms with Gasteiger partial charge in [0.05, 0.1) is 13.7 Å². The zero-order chi connectivity index (χ0) is 21.8. The lowest BCUT2D eigenvalue weighted by Gasteiger charge is -2.36. The SMILES string of the molecule is COc1cccc2cc(C(=O)NC(CO)C(=O)N3CCN(c4ncccn4)CC3)oc12. The van der Waals surface area contributed by atoms with Crippen LogP contribution in [0.15, 0.2) is 47.1 Å². The van der Waals surface area contributed by atoms with E-state index in [0.717, 1.165) is 0 Å². The summed E-state index contributed by atoms with van der Waals surface area (Å²) in [4.78, 5) is 37.6. The number of ether oxygens (including phenoxy) is 1. The molecule has 0 aliphatic carbocycles. The highest BCUT2D eigenvalue weighted by atomic mass is 16.5. The second kappa shape index (κ2) is 9.00. The highest BCUT2D eigenvalue weighted by Crippen LogP contribution is 2.28. The number of anilines is 1. The topological polar surface area (TPSA) is 121 Å². The van der Waals surface area contributed by atoms with Crippen LogP contribution in [0.5, 0.6) is 5.75 Å². The van der Waals surface area contributed by atoms with Crippen molar-refractivity contribution in [3.05, 3.63) is 48.5 Å². The van der Waals surface area contributed by atoms with Crippen molar-refractivity contribution >= 4 is 28.7 Å². The number of methoxy groups -OCH3 is 1. The molecular weight excluding hydrogens is 402 g/mol. The third kappa shape index (κ3) is 4.29. The van der Waals surface area contributed by atoms with E-state index >= 15 is 0 Å². The van der Waals surface area contributed by atoms with E-state index in [0.29, 0.717) is 48.8 Å². The third-order valence-electron chi connectivity index (χ3n) is 5.16. The van der Waals surface area contributed by atoms with E-state index in [4.69, 9.17) is 9.15 Å². The number of rotatable bonds is 6. The van der Waals surface area contributed by atoms with Crippen LogP contribution in [0, 0.1) is 0 Å². The van der Waals surface area contributed by atoms with Gasteiger partial charge in [0.2, 0.25) is 11.9 Å². The summed E-state index contributed by atoms with van der Waals surface area (Å²) in [7, 11) is 1.52. The number of carbonyl (C=O) groups is 2. The minimum absolute atomic E-state index is 0.0387. The van der Waals surface area contributed by atoms with Gasteiger partial charge in [0, 0.05) is 44.0 Å². The van der Waals surface area contributed by atoms with Crippen LogP contribution in [-0.4, -0.2) is 77.7 Å². The van der Waals surface area contributed by atoms with Crippen molar-refractivity contribution < 1.29 is 23.8 Å². The van der Waals surface area contributed by atoms with Gasteiger partial charge in [-0.2, -0.15) is 0 Å². The van der Waals surface area contributed by atoms with Crippen LogP contribution in [0.3, 0.4) is 0 Å². The van der Waals surface area contributed by atoms with Crippen LogP contribution in [-0.2, 0) is 4.79 Å². The number of para-hydroxylation sites is 1. The molecule has 3 aromatic rings. The highest BCUT2D eigenvalue weighted by molar-refractivity contribution is 5.99. The van der Waals surface area contributed by atoms with E-state index < -0.39 is 18.6 Å². The van der Waals surface area contributed by atoms with Gasteiger partial charge in [0.25, 0.3) is 5.91 Å². The quantitative estimate of drug-likeness (QED) is 0.591. The number of hydrogen-bond donors (Lipinski definition) is 2. The Hall–Kier alpha value is -3.66. The van der Waals surface area contributed by atoms with Gasteiger partial charge in [0.15, 0.2) is 17.1 Å². The summed E-state index contributed by atoms with van der Waals surface area (Å²) >= 11 is 0. The summed E-state index contributed by atoms with van der Waals surface area (Å²) in [5, 5.41) is 13.0. The van der Waals surface area contributed by atoms with Gasteiger partial charge in [-0.25, -0.2) is 9.97 Å². The average molecular weight is 425 g/mol. The lowest BCUT2D eigenvalue weighted by Crippen LogP contribution is -2.56. The maximum Gasteiger partial charge on any atom is 0.287 e. The van der Waals surface area contributed by atoms with Crippen molar-refractivity contribution in [1.29, 1.82) is 0 Å². The van der Waals surface area contributed by atoms with E-state index in [1.165, 1.54) is 7.11 Å². The molecule has 0 saturated carbocycles. The van der Waals surface area contributed by atoms with Gasteiger partial charge < -0.3 is 29.4 Å². The molecule has 1 fully saturated rings. The fraction of sp³-hybridized carbons (Fsp3) is 0.333. The molecule has 1 atom stereocenters. The molecule has 1 aliphatic rings. The van der Waals surface area contributed by atoms with Crippen molar-refractivity contribution in [1.82, 2.24) is 20.2 Å². The van der Waals surface area contributed by atoms with Crippen molar-refractivity contribution in [2.24, 2.45) is 0 Å². The third-order valence-corrected chi connectivity index (χ3v) is 5.16. The highest BCUT2D eigenvalue weighted by Gasteiger charge is 2.30. The molecule has 31 heavy (non-hydrogen) atoms. The van der Waals surface area contributed by atoms with Gasteiger partial charge in [0.1, 0.15) is 6.04 Å². The van der Waals surface area contributed by atoms with Crippen LogP contribution in [0.1, 0.15) is 10.6 Å². The second-order valence-corrected chi connectivity index (χ2v) is 7.06. The Morgan fingerprint density at radius 2 is 1.94 bits per heavy atom. The fourth-order valence-electron chi connectivity index (χ4n) is 3.53. The minimum atomic E-state index is -1.07. The number of fused-ring (bicyclic) bond motifs is 1. The maximum atomic E-state index is 12.9. The van der Waals surface area contributed by atoms with Gasteiger partial charge in [-0.1, -0.05) is 12.1 Å². The smallest absolute Gasteiger partial charge is 0.287 e. The van der Waals surface area contributed by atoms with Gasteiger partial charge in [-0.15, -0.1) is 0 Å². The Balaban J connectivity index is 1.40. The zero-order valence-electron chi connectivity index (χ0n) is 17.0. The Morgan fingerprint density at radius 3 is 2.61 bits per heavy atom. The summed E-state index contributed by atoms with van der Waals surface area (Å²) in [5.74, 6) is 0.227. The lowest BCUT2D eigenvalue weighted by atomic mass is 10.2. The normalized spacial score (nSPS) is 15.0. The summed E-state index contributed by atoms with van der Waals surface area (Å²) in [6.45, 7) is 1.48. The first-order valence-corrected chi connectivity index (χ1v) is 9.89. The van der Waals surface area contributed by atoms with Crippen molar-refractivity contribution in [2.75, 3.05) is 44.8 Å². The number of benzene rings is 1. The molecule has 0 bridgehead atoms. The summed E-state index contributed by atoms with van der Waals surface area (Å²) in [6.07, 6.45) is 3.34. The fourth-order valence-corrected chi connectivity index (χ4v) is 3.53. The molecule has 10 heteroatoms. The van der Waals surface area contributed by atoms with E-state index in [2.05, 4.69) is 15.3 Å². The molecule has 10 nitrogen and oxygen atoms in total. The number of carbonyl (C=O) groups excluding carboxylic acids is 2. The van der Waals surface area contributed by atoms with Gasteiger partial charge >= 0.3 is 0 Å². The minimum Gasteiger partial charge on any atom is -0.493 e. The Labute approximate surface area is 178 Å². The molecule has 2 amide bonds. The molecule has 0 radical (unpaired) electrons. The molecule has 1 unspecified atom stereocenters. The average Bonchev–Trinajstić information content (AvgIpc) is 3.27. The first kappa shape index (κ1) is 20.6. The molecule has 2 N–H and O–H groups in total. The van der Waals surface area contributed by atoms with Crippen LogP contribution >= 0.6 is 0 Å². The predicted octanol–water partition coefficient (Wildman–Crippen LogP) is 0.671. The predicted molar refractivity (Wildman–Crippen MR) is 112 cm³/mol. The number of nitrogens with zero attached hydrogens (tertiary/aromatic N) is 4. The molecule has 3 heterocycles. The Kier molecular flexibility index (Phi) is 5.99. The standard InChI is InChI=1S/C21H23N5O5/c1-30-16-5-2-4-14-12-17(31-18(14)16)19(28)24-15(13-27)20(29)25-8-10-26(11-9-25)21-22-6-3-7-23-21/h2-7,12,15,27H,8-11,13H2,1H3,(H,24,28). The molecular formula is C21H23N5O5. The molecule has 162 valence electrons. The number of furan rings is 1. The van der Waals surface area contributed by atoms with Gasteiger partial charge in [-0.05, 0) is 18.2 Å². The summed E-state index contributed by atoms with van der Waals surface area (Å²) in [6, 6.07) is 7.57. The van der Waals surface area contributed by atoms with E-state index in [1.807, 2.05) is 4.90 Å². The summed E-state index contributed by atoms with van der Waals surface area (Å²) < 4.78 is 10.9. The van der Waals surface area contributed by atoms with Crippen LogP contribution in [0.25, 0.3) is 11.0 Å². The number of aromatic nitrogens is 2. The molecule has 1 aromatic carbocycles. The molecule has 0 spiro atoms. The Bertz CT molecular complexity index is 1060. The summed E-state index contributed by atoms with van der Waals surface area (Å²) in [5.41, 5.74) is 0.446. The first-order chi connectivity index (χ1) is 15.1. The second-order valence-electron chi connectivity index (χ2n) is 7.06. The van der Waals surface area contributed by atoms with E-state index in [1.54, 1.807) is 47.6 Å². The maximum absolute atomic E-state index is 12.9. The van der Waals surface area contributed by atoms with Crippen molar-refractivity contribution in [3.8, 4) is 5.75 Å².